The summed E-state index contributed by atoms with van der Waals surface area (Å²) in [4.78, 5) is 0. The molecule has 3 N–H and O–H groups in total. The molecule has 0 saturated heterocycles. The second-order valence-corrected chi connectivity index (χ2v) is 6.11. The quantitative estimate of drug-likeness (QED) is 0.620. The van der Waals surface area contributed by atoms with E-state index in [0.29, 0.717) is 24.7 Å². The van der Waals surface area contributed by atoms with Crippen molar-refractivity contribution in [1.82, 2.24) is 5.32 Å². The molecule has 120 valence electrons. The summed E-state index contributed by atoms with van der Waals surface area (Å²) >= 11 is 5.80. The number of hydrogen-bond donors (Lipinski definition) is 3. The molecule has 2 atom stereocenters. The highest BCUT2D eigenvalue weighted by atomic mass is 35.5. The summed E-state index contributed by atoms with van der Waals surface area (Å²) < 4.78 is 5.46. The van der Waals surface area contributed by atoms with Crippen LogP contribution in [0, 0.1) is 0 Å². The highest BCUT2D eigenvalue weighted by Gasteiger charge is 2.18. The van der Waals surface area contributed by atoms with E-state index in [0.717, 1.165) is 18.4 Å². The predicted molar refractivity (Wildman–Crippen MR) is 85.5 cm³/mol. The summed E-state index contributed by atoms with van der Waals surface area (Å²) in [6.45, 7) is 5.41. The first kappa shape index (κ1) is 18.4. The fourth-order valence-electron chi connectivity index (χ4n) is 2.09. The molecular weight excluding hydrogens is 290 g/mol. The number of benzene rings is 1. The van der Waals surface area contributed by atoms with Gasteiger partial charge in [-0.3, -0.25) is 0 Å². The van der Waals surface area contributed by atoms with Crippen LogP contribution in [-0.4, -0.2) is 41.6 Å². The van der Waals surface area contributed by atoms with Gasteiger partial charge in [0.1, 0.15) is 0 Å². The van der Waals surface area contributed by atoms with Crippen molar-refractivity contribution in [1.29, 1.82) is 0 Å². The second-order valence-electron chi connectivity index (χ2n) is 5.67. The predicted octanol–water partition coefficient (Wildman–Crippen LogP) is 2.36. The molecule has 1 aromatic carbocycles. The summed E-state index contributed by atoms with van der Waals surface area (Å²) in [5.41, 5.74) is 0.295. The molecule has 0 aliphatic rings. The average molecular weight is 316 g/mol. The van der Waals surface area contributed by atoms with E-state index in [1.165, 1.54) is 0 Å². The monoisotopic (exact) mass is 315 g/mol. The van der Waals surface area contributed by atoms with E-state index < -0.39 is 11.7 Å². The largest absolute Gasteiger partial charge is 0.389 e. The molecule has 0 amide bonds. The van der Waals surface area contributed by atoms with Crippen molar-refractivity contribution in [2.45, 2.75) is 45.0 Å². The molecule has 0 aliphatic carbocycles. The standard InChI is InChI=1S/C16H26ClNO3/c1-3-8-16(2,20)12-18-9-15(19)11-21-10-13-4-6-14(17)7-5-13/h4-7,15,18-20H,3,8-12H2,1-2H3. The van der Waals surface area contributed by atoms with Gasteiger partial charge in [-0.05, 0) is 31.0 Å². The summed E-state index contributed by atoms with van der Waals surface area (Å²) in [6.07, 6.45) is 1.08. The molecule has 0 fully saturated rings. The molecule has 0 saturated carbocycles. The Labute approximate surface area is 132 Å². The van der Waals surface area contributed by atoms with Crippen LogP contribution in [0.25, 0.3) is 0 Å². The zero-order valence-electron chi connectivity index (χ0n) is 12.8. The molecule has 0 aliphatic heterocycles. The Morgan fingerprint density at radius 2 is 2.00 bits per heavy atom. The average Bonchev–Trinajstić information content (AvgIpc) is 2.40. The Bertz CT molecular complexity index is 395. The van der Waals surface area contributed by atoms with Crippen molar-refractivity contribution in [3.63, 3.8) is 0 Å². The molecule has 1 aromatic rings. The Morgan fingerprint density at radius 3 is 2.62 bits per heavy atom. The van der Waals surface area contributed by atoms with Crippen LogP contribution in [0.3, 0.4) is 0 Å². The summed E-state index contributed by atoms with van der Waals surface area (Å²) in [7, 11) is 0. The molecule has 1 rings (SSSR count). The molecule has 0 spiro atoms. The zero-order chi connectivity index (χ0) is 15.7. The number of nitrogens with one attached hydrogen (secondary N) is 1. The van der Waals surface area contributed by atoms with Crippen molar-refractivity contribution in [2.24, 2.45) is 0 Å². The SMILES string of the molecule is CCCC(C)(O)CNCC(O)COCc1ccc(Cl)cc1. The molecule has 0 bridgehead atoms. The fourth-order valence-corrected chi connectivity index (χ4v) is 2.21. The van der Waals surface area contributed by atoms with Gasteiger partial charge in [-0.25, -0.2) is 0 Å². The van der Waals surface area contributed by atoms with E-state index in [9.17, 15) is 10.2 Å². The van der Waals surface area contributed by atoms with Gasteiger partial charge >= 0.3 is 0 Å². The molecule has 5 heteroatoms. The maximum atomic E-state index is 9.99. The van der Waals surface area contributed by atoms with Crippen LogP contribution >= 0.6 is 11.6 Å². The second kappa shape index (κ2) is 9.38. The maximum Gasteiger partial charge on any atom is 0.0897 e. The molecular formula is C16H26ClNO3. The Morgan fingerprint density at radius 1 is 1.33 bits per heavy atom. The minimum Gasteiger partial charge on any atom is -0.389 e. The first-order valence-electron chi connectivity index (χ1n) is 7.36. The minimum absolute atomic E-state index is 0.256. The normalized spacial score (nSPS) is 15.7. The number of aliphatic hydroxyl groups excluding tert-OH is 1. The van der Waals surface area contributed by atoms with Gasteiger partial charge in [0.15, 0.2) is 0 Å². The van der Waals surface area contributed by atoms with Gasteiger partial charge in [-0.15, -0.1) is 0 Å². The minimum atomic E-state index is -0.724. The number of ether oxygens (including phenoxy) is 1. The summed E-state index contributed by atoms with van der Waals surface area (Å²) in [5.74, 6) is 0. The van der Waals surface area contributed by atoms with E-state index in [2.05, 4.69) is 5.32 Å². The maximum absolute atomic E-state index is 9.99. The van der Waals surface area contributed by atoms with Crippen molar-refractivity contribution in [3.05, 3.63) is 34.9 Å². The van der Waals surface area contributed by atoms with Gasteiger partial charge in [0.25, 0.3) is 0 Å². The van der Waals surface area contributed by atoms with Gasteiger partial charge in [0, 0.05) is 18.1 Å². The lowest BCUT2D eigenvalue weighted by Gasteiger charge is -2.24. The van der Waals surface area contributed by atoms with Gasteiger partial charge in [0.2, 0.25) is 0 Å². The molecule has 0 radical (unpaired) electrons. The van der Waals surface area contributed by atoms with Gasteiger partial charge < -0.3 is 20.3 Å². The lowest BCUT2D eigenvalue weighted by Crippen LogP contribution is -2.41. The molecule has 2 unspecified atom stereocenters. The van der Waals surface area contributed by atoms with Crippen LogP contribution in [0.5, 0.6) is 0 Å². The molecule has 0 heterocycles. The van der Waals surface area contributed by atoms with Gasteiger partial charge in [-0.2, -0.15) is 0 Å². The Kier molecular flexibility index (Phi) is 8.22. The van der Waals surface area contributed by atoms with Crippen LogP contribution in [0.15, 0.2) is 24.3 Å². The molecule has 0 aromatic heterocycles. The van der Waals surface area contributed by atoms with E-state index in [1.54, 1.807) is 6.92 Å². The van der Waals surface area contributed by atoms with Crippen molar-refractivity contribution < 1.29 is 14.9 Å². The van der Waals surface area contributed by atoms with Crippen LogP contribution in [0.2, 0.25) is 5.02 Å². The lowest BCUT2D eigenvalue weighted by atomic mass is 10.0. The van der Waals surface area contributed by atoms with Crippen molar-refractivity contribution in [3.8, 4) is 0 Å². The summed E-state index contributed by atoms with van der Waals surface area (Å²) in [5, 5.41) is 23.6. The first-order valence-corrected chi connectivity index (χ1v) is 7.74. The topological polar surface area (TPSA) is 61.7 Å². The van der Waals surface area contributed by atoms with E-state index >= 15 is 0 Å². The number of rotatable bonds is 10. The fraction of sp³-hybridized carbons (Fsp3) is 0.625. The van der Waals surface area contributed by atoms with Crippen LogP contribution < -0.4 is 5.32 Å². The first-order chi connectivity index (χ1) is 9.93. The van der Waals surface area contributed by atoms with Crippen molar-refractivity contribution >= 4 is 11.6 Å². The smallest absolute Gasteiger partial charge is 0.0897 e. The van der Waals surface area contributed by atoms with E-state index in [-0.39, 0.29) is 6.61 Å². The summed E-state index contributed by atoms with van der Waals surface area (Å²) in [6, 6.07) is 7.42. The molecule has 4 nitrogen and oxygen atoms in total. The Balaban J connectivity index is 2.14. The third-order valence-electron chi connectivity index (χ3n) is 3.17. The zero-order valence-corrected chi connectivity index (χ0v) is 13.6. The Hall–Kier alpha value is -0.650. The van der Waals surface area contributed by atoms with E-state index in [4.69, 9.17) is 16.3 Å². The van der Waals surface area contributed by atoms with Crippen LogP contribution in [0.1, 0.15) is 32.3 Å². The third kappa shape index (κ3) is 8.39. The van der Waals surface area contributed by atoms with Crippen molar-refractivity contribution in [2.75, 3.05) is 19.7 Å². The third-order valence-corrected chi connectivity index (χ3v) is 3.42. The van der Waals surface area contributed by atoms with Gasteiger partial charge in [0.05, 0.1) is 24.9 Å². The van der Waals surface area contributed by atoms with Gasteiger partial charge in [-0.1, -0.05) is 37.1 Å². The number of aliphatic hydroxyl groups is 2. The highest BCUT2D eigenvalue weighted by Crippen LogP contribution is 2.11. The number of halogens is 1. The number of hydrogen-bond acceptors (Lipinski definition) is 4. The lowest BCUT2D eigenvalue weighted by molar-refractivity contribution is 0.0188. The van der Waals surface area contributed by atoms with Crippen LogP contribution in [0.4, 0.5) is 0 Å². The van der Waals surface area contributed by atoms with Crippen LogP contribution in [-0.2, 0) is 11.3 Å². The highest BCUT2D eigenvalue weighted by molar-refractivity contribution is 6.30. The molecule has 21 heavy (non-hydrogen) atoms. The van der Waals surface area contributed by atoms with E-state index in [1.807, 2.05) is 31.2 Å².